The number of benzene rings is 1. The third-order valence-electron chi connectivity index (χ3n) is 2.87. The van der Waals surface area contributed by atoms with Gasteiger partial charge in [0.15, 0.2) is 0 Å². The largest absolute Gasteiger partial charge is 0.508 e. The maximum absolute atomic E-state index is 11.7. The van der Waals surface area contributed by atoms with Gasteiger partial charge in [-0.05, 0) is 30.7 Å². The van der Waals surface area contributed by atoms with Crippen LogP contribution in [-0.2, 0) is 0 Å². The summed E-state index contributed by atoms with van der Waals surface area (Å²) in [5.41, 5.74) is 1.26. The SMILES string of the molecule is CC(c1ccc(C#N)cc1)n1ccc(O)cc1=O. The zero-order valence-corrected chi connectivity index (χ0v) is 9.87. The van der Waals surface area contributed by atoms with Crippen molar-refractivity contribution in [3.63, 3.8) is 0 Å². The van der Waals surface area contributed by atoms with Gasteiger partial charge in [0.25, 0.3) is 5.56 Å². The maximum atomic E-state index is 11.7. The third-order valence-corrected chi connectivity index (χ3v) is 2.87. The monoisotopic (exact) mass is 240 g/mol. The highest BCUT2D eigenvalue weighted by Crippen LogP contribution is 2.17. The van der Waals surface area contributed by atoms with E-state index < -0.39 is 0 Å². The van der Waals surface area contributed by atoms with Crippen molar-refractivity contribution in [3.05, 3.63) is 64.1 Å². The lowest BCUT2D eigenvalue weighted by Gasteiger charge is -2.15. The topological polar surface area (TPSA) is 66.0 Å². The molecule has 1 heterocycles. The fourth-order valence-electron chi connectivity index (χ4n) is 1.80. The Bertz CT molecular complexity index is 651. The first kappa shape index (κ1) is 11.9. The van der Waals surface area contributed by atoms with E-state index in [0.29, 0.717) is 5.56 Å². The van der Waals surface area contributed by atoms with Gasteiger partial charge in [0.05, 0.1) is 17.7 Å². The van der Waals surface area contributed by atoms with Crippen molar-refractivity contribution in [3.8, 4) is 11.8 Å². The summed E-state index contributed by atoms with van der Waals surface area (Å²) in [7, 11) is 0. The van der Waals surface area contributed by atoms with Crippen LogP contribution in [0.4, 0.5) is 0 Å². The first-order chi connectivity index (χ1) is 8.61. The second-order valence-corrected chi connectivity index (χ2v) is 4.04. The normalized spacial score (nSPS) is 11.8. The van der Waals surface area contributed by atoms with Gasteiger partial charge in [-0.15, -0.1) is 0 Å². The number of aromatic nitrogens is 1. The van der Waals surface area contributed by atoms with Crippen LogP contribution in [0.5, 0.6) is 5.75 Å². The molecule has 0 amide bonds. The quantitative estimate of drug-likeness (QED) is 0.873. The highest BCUT2D eigenvalue weighted by Gasteiger charge is 2.09. The molecule has 0 bridgehead atoms. The molecule has 0 fully saturated rings. The number of pyridine rings is 1. The van der Waals surface area contributed by atoms with Crippen molar-refractivity contribution in [1.29, 1.82) is 5.26 Å². The summed E-state index contributed by atoms with van der Waals surface area (Å²) in [6.07, 6.45) is 1.56. The van der Waals surface area contributed by atoms with E-state index in [1.807, 2.05) is 19.1 Å². The number of aromatic hydroxyl groups is 1. The van der Waals surface area contributed by atoms with Crippen molar-refractivity contribution in [2.24, 2.45) is 0 Å². The summed E-state index contributed by atoms with van der Waals surface area (Å²) in [6, 6.07) is 11.6. The smallest absolute Gasteiger partial charge is 0.254 e. The Labute approximate surface area is 104 Å². The summed E-state index contributed by atoms with van der Waals surface area (Å²) >= 11 is 0. The van der Waals surface area contributed by atoms with Crippen molar-refractivity contribution in [2.75, 3.05) is 0 Å². The maximum Gasteiger partial charge on any atom is 0.254 e. The summed E-state index contributed by atoms with van der Waals surface area (Å²) in [4.78, 5) is 11.7. The summed E-state index contributed by atoms with van der Waals surface area (Å²) in [6.45, 7) is 1.89. The standard InChI is InChI=1S/C14H12N2O2/c1-10(12-4-2-11(9-15)3-5-12)16-7-6-13(17)8-14(16)18/h2-8,10,17H,1H3. The molecule has 2 aromatic rings. The van der Waals surface area contributed by atoms with Gasteiger partial charge in [0.2, 0.25) is 0 Å². The molecule has 18 heavy (non-hydrogen) atoms. The lowest BCUT2D eigenvalue weighted by atomic mass is 10.1. The Hall–Kier alpha value is -2.54. The molecule has 0 radical (unpaired) electrons. The minimum absolute atomic E-state index is 0.0386. The minimum Gasteiger partial charge on any atom is -0.508 e. The third kappa shape index (κ3) is 2.25. The van der Waals surface area contributed by atoms with Gasteiger partial charge >= 0.3 is 0 Å². The highest BCUT2D eigenvalue weighted by atomic mass is 16.3. The second kappa shape index (κ2) is 4.76. The zero-order valence-electron chi connectivity index (χ0n) is 9.87. The number of hydrogen-bond acceptors (Lipinski definition) is 3. The molecule has 1 aromatic carbocycles. The Kier molecular flexibility index (Phi) is 3.16. The molecule has 4 heteroatoms. The van der Waals surface area contributed by atoms with E-state index in [0.717, 1.165) is 5.56 Å². The first-order valence-electron chi connectivity index (χ1n) is 5.53. The summed E-state index contributed by atoms with van der Waals surface area (Å²) in [5.74, 6) is -0.0386. The molecule has 4 nitrogen and oxygen atoms in total. The molecule has 1 unspecified atom stereocenters. The average Bonchev–Trinajstić information content (AvgIpc) is 2.38. The van der Waals surface area contributed by atoms with Gasteiger partial charge in [-0.3, -0.25) is 4.79 Å². The number of rotatable bonds is 2. The van der Waals surface area contributed by atoms with Crippen LogP contribution in [0, 0.1) is 11.3 Å². The lowest BCUT2D eigenvalue weighted by Crippen LogP contribution is -2.22. The Morgan fingerprint density at radius 1 is 1.28 bits per heavy atom. The molecule has 90 valence electrons. The molecule has 0 aliphatic heterocycles. The Balaban J connectivity index is 2.38. The van der Waals surface area contributed by atoms with E-state index in [1.54, 1.807) is 18.3 Å². The van der Waals surface area contributed by atoms with Crippen molar-refractivity contribution in [2.45, 2.75) is 13.0 Å². The Morgan fingerprint density at radius 2 is 1.94 bits per heavy atom. The molecule has 0 aliphatic carbocycles. The number of hydrogen-bond donors (Lipinski definition) is 1. The van der Waals surface area contributed by atoms with E-state index in [1.165, 1.54) is 16.7 Å². The molecule has 0 saturated carbocycles. The first-order valence-corrected chi connectivity index (χ1v) is 5.53. The molecule has 0 saturated heterocycles. The molecule has 1 atom stereocenters. The van der Waals surface area contributed by atoms with E-state index in [4.69, 9.17) is 5.26 Å². The van der Waals surface area contributed by atoms with Crippen LogP contribution in [0.1, 0.15) is 24.1 Å². The fourth-order valence-corrected chi connectivity index (χ4v) is 1.80. The molecular weight excluding hydrogens is 228 g/mol. The van der Waals surface area contributed by atoms with Crippen LogP contribution in [0.2, 0.25) is 0 Å². The second-order valence-electron chi connectivity index (χ2n) is 4.04. The van der Waals surface area contributed by atoms with Gasteiger partial charge in [-0.25, -0.2) is 0 Å². The highest BCUT2D eigenvalue weighted by molar-refractivity contribution is 5.33. The van der Waals surface area contributed by atoms with Crippen LogP contribution in [0.3, 0.4) is 0 Å². The van der Waals surface area contributed by atoms with Gasteiger partial charge in [-0.1, -0.05) is 12.1 Å². The van der Waals surface area contributed by atoms with Crippen molar-refractivity contribution >= 4 is 0 Å². The lowest BCUT2D eigenvalue weighted by molar-refractivity contribution is 0.469. The minimum atomic E-state index is -0.258. The average molecular weight is 240 g/mol. The van der Waals surface area contributed by atoms with E-state index in [-0.39, 0.29) is 17.4 Å². The van der Waals surface area contributed by atoms with Crippen LogP contribution in [0.15, 0.2) is 47.4 Å². The van der Waals surface area contributed by atoms with E-state index in [9.17, 15) is 9.90 Å². The summed E-state index contributed by atoms with van der Waals surface area (Å²) in [5, 5.41) is 17.9. The molecular formula is C14H12N2O2. The van der Waals surface area contributed by atoms with E-state index >= 15 is 0 Å². The predicted octanol–water partition coefficient (Wildman–Crippen LogP) is 2.03. The molecule has 1 N–H and O–H groups in total. The van der Waals surface area contributed by atoms with Gasteiger partial charge in [0.1, 0.15) is 5.75 Å². The molecule has 0 spiro atoms. The number of nitriles is 1. The molecule has 2 rings (SSSR count). The van der Waals surface area contributed by atoms with Crippen molar-refractivity contribution in [1.82, 2.24) is 4.57 Å². The van der Waals surface area contributed by atoms with Crippen LogP contribution >= 0.6 is 0 Å². The van der Waals surface area contributed by atoms with Crippen LogP contribution < -0.4 is 5.56 Å². The summed E-state index contributed by atoms with van der Waals surface area (Å²) < 4.78 is 1.53. The molecule has 1 aromatic heterocycles. The fraction of sp³-hybridized carbons (Fsp3) is 0.143. The van der Waals surface area contributed by atoms with E-state index in [2.05, 4.69) is 6.07 Å². The van der Waals surface area contributed by atoms with Crippen molar-refractivity contribution < 1.29 is 5.11 Å². The Morgan fingerprint density at radius 3 is 2.50 bits per heavy atom. The van der Waals surface area contributed by atoms with Gasteiger partial charge in [-0.2, -0.15) is 5.26 Å². The predicted molar refractivity (Wildman–Crippen MR) is 67.3 cm³/mol. The van der Waals surface area contributed by atoms with Crippen LogP contribution in [-0.4, -0.2) is 9.67 Å². The zero-order chi connectivity index (χ0) is 13.1. The molecule has 0 aliphatic rings. The number of nitrogens with zero attached hydrogens (tertiary/aromatic N) is 2. The van der Waals surface area contributed by atoms with Gasteiger partial charge < -0.3 is 9.67 Å². The van der Waals surface area contributed by atoms with Crippen LogP contribution in [0.25, 0.3) is 0 Å². The van der Waals surface area contributed by atoms with Gasteiger partial charge in [0, 0.05) is 12.3 Å².